The lowest BCUT2D eigenvalue weighted by atomic mass is 9.94. The third-order valence-corrected chi connectivity index (χ3v) is 8.99. The van der Waals surface area contributed by atoms with Crippen LogP contribution < -0.4 is 16.9 Å². The number of anilines is 1. The van der Waals surface area contributed by atoms with Crippen LogP contribution in [0.15, 0.2) is 76.3 Å². The molecule has 2 N–H and O–H groups in total. The Morgan fingerprint density at radius 3 is 2.44 bits per heavy atom. The first-order valence-corrected chi connectivity index (χ1v) is 14.5. The molecule has 5 heteroatoms. The van der Waals surface area contributed by atoms with Gasteiger partial charge in [-0.2, -0.15) is 0 Å². The number of benzene rings is 4. The van der Waals surface area contributed by atoms with Gasteiger partial charge in [0.2, 0.25) is 0 Å². The van der Waals surface area contributed by atoms with Crippen LogP contribution in [0.3, 0.4) is 0 Å². The first-order chi connectivity index (χ1) is 19.0. The summed E-state index contributed by atoms with van der Waals surface area (Å²) >= 11 is 1.66. The molecule has 0 radical (unpaired) electrons. The minimum atomic E-state index is -0.220. The van der Waals surface area contributed by atoms with E-state index in [1.54, 1.807) is 11.3 Å². The van der Waals surface area contributed by atoms with Gasteiger partial charge in [0.1, 0.15) is 0 Å². The molecule has 0 amide bonds. The standard InChI is InChI=1S/C34H30N2O2S/c1-3-5-9-21(4-2)20-36-33(37)27-17-16-26-25-12-6-7-13-29(25)39-32-23(15-14-22-10-8-11-24(35)18-22)19-28(34(36)38)30(27)31(26)32/h6-8,10-13,16-19,21H,3-5,9,20,35H2,1-2H3. The van der Waals surface area contributed by atoms with Gasteiger partial charge in [0.25, 0.3) is 11.1 Å². The largest absolute Gasteiger partial charge is 0.399 e. The Kier molecular flexibility index (Phi) is 6.58. The number of unbranched alkanes of at least 4 members (excludes halogenated alkanes) is 1. The Bertz CT molecular complexity index is 2040. The Labute approximate surface area is 231 Å². The van der Waals surface area contributed by atoms with Crippen LogP contribution in [0.1, 0.15) is 50.7 Å². The number of pyridine rings is 1. The van der Waals surface area contributed by atoms with E-state index < -0.39 is 0 Å². The van der Waals surface area contributed by atoms with E-state index in [-0.39, 0.29) is 17.0 Å². The van der Waals surface area contributed by atoms with Crippen LogP contribution in [0.2, 0.25) is 0 Å². The van der Waals surface area contributed by atoms with Crippen LogP contribution in [0.4, 0.5) is 5.69 Å². The van der Waals surface area contributed by atoms with Crippen molar-refractivity contribution in [1.82, 2.24) is 4.57 Å². The zero-order valence-corrected chi connectivity index (χ0v) is 23.0. The maximum atomic E-state index is 14.0. The fraction of sp³-hybridized carbons (Fsp3) is 0.235. The molecule has 0 aliphatic rings. The summed E-state index contributed by atoms with van der Waals surface area (Å²) in [6.45, 7) is 4.75. The van der Waals surface area contributed by atoms with Crippen molar-refractivity contribution in [2.24, 2.45) is 5.92 Å². The van der Waals surface area contributed by atoms with Crippen LogP contribution in [0.25, 0.3) is 41.7 Å². The number of aromatic nitrogens is 1. The van der Waals surface area contributed by atoms with Crippen LogP contribution >= 0.6 is 11.3 Å². The summed E-state index contributed by atoms with van der Waals surface area (Å²) in [5.41, 5.74) is 7.83. The zero-order valence-electron chi connectivity index (χ0n) is 22.2. The smallest absolute Gasteiger partial charge is 0.261 e. The van der Waals surface area contributed by atoms with Gasteiger partial charge >= 0.3 is 0 Å². The van der Waals surface area contributed by atoms with Crippen molar-refractivity contribution < 1.29 is 0 Å². The Hall–Kier alpha value is -4.14. The minimum Gasteiger partial charge on any atom is -0.399 e. The third-order valence-electron chi connectivity index (χ3n) is 7.79. The van der Waals surface area contributed by atoms with Crippen molar-refractivity contribution in [3.63, 3.8) is 0 Å². The predicted molar refractivity (Wildman–Crippen MR) is 166 cm³/mol. The van der Waals surface area contributed by atoms with E-state index in [2.05, 4.69) is 37.8 Å². The zero-order chi connectivity index (χ0) is 27.1. The molecule has 39 heavy (non-hydrogen) atoms. The second kappa shape index (κ2) is 10.2. The van der Waals surface area contributed by atoms with E-state index in [4.69, 9.17) is 5.73 Å². The number of hydrogen-bond acceptors (Lipinski definition) is 4. The molecule has 6 rings (SSSR count). The van der Waals surface area contributed by atoms with Crippen LogP contribution in [0, 0.1) is 17.8 Å². The summed E-state index contributed by atoms with van der Waals surface area (Å²) < 4.78 is 3.60. The first-order valence-electron chi connectivity index (χ1n) is 13.6. The highest BCUT2D eigenvalue weighted by atomic mass is 32.1. The highest BCUT2D eigenvalue weighted by molar-refractivity contribution is 7.25. The maximum Gasteiger partial charge on any atom is 0.261 e. The molecule has 1 unspecified atom stereocenters. The Balaban J connectivity index is 1.69. The molecule has 4 nitrogen and oxygen atoms in total. The monoisotopic (exact) mass is 530 g/mol. The van der Waals surface area contributed by atoms with E-state index in [0.717, 1.165) is 67.8 Å². The van der Waals surface area contributed by atoms with Gasteiger partial charge in [-0.15, -0.1) is 11.3 Å². The van der Waals surface area contributed by atoms with Crippen molar-refractivity contribution >= 4 is 58.7 Å². The molecule has 0 spiro atoms. The summed E-state index contributed by atoms with van der Waals surface area (Å²) in [5.74, 6) is 6.90. The van der Waals surface area contributed by atoms with E-state index in [0.29, 0.717) is 23.0 Å². The quantitative estimate of drug-likeness (QED) is 0.105. The number of nitrogens with two attached hydrogens (primary N) is 1. The molecule has 0 bridgehead atoms. The van der Waals surface area contributed by atoms with Gasteiger partial charge in [0.15, 0.2) is 0 Å². The molecule has 0 fully saturated rings. The van der Waals surface area contributed by atoms with E-state index in [1.807, 2.05) is 54.6 Å². The highest BCUT2D eigenvalue weighted by Gasteiger charge is 2.21. The molecule has 2 heterocycles. The number of rotatable bonds is 6. The second-order valence-corrected chi connectivity index (χ2v) is 11.4. The summed E-state index contributed by atoms with van der Waals surface area (Å²) in [5, 5.41) is 5.02. The molecule has 2 aromatic heterocycles. The van der Waals surface area contributed by atoms with Crippen molar-refractivity contribution in [2.45, 2.75) is 46.1 Å². The van der Waals surface area contributed by atoms with E-state index >= 15 is 0 Å². The molecular weight excluding hydrogens is 500 g/mol. The van der Waals surface area contributed by atoms with Gasteiger partial charge in [-0.1, -0.05) is 75.3 Å². The van der Waals surface area contributed by atoms with Crippen LogP contribution in [-0.4, -0.2) is 4.57 Å². The van der Waals surface area contributed by atoms with Crippen molar-refractivity contribution in [3.05, 3.63) is 98.6 Å². The van der Waals surface area contributed by atoms with Gasteiger partial charge in [-0.05, 0) is 59.5 Å². The molecule has 0 saturated heterocycles. The molecule has 6 aromatic rings. The van der Waals surface area contributed by atoms with Gasteiger partial charge in [0.05, 0.1) is 4.70 Å². The van der Waals surface area contributed by atoms with Crippen molar-refractivity contribution in [3.8, 4) is 11.8 Å². The van der Waals surface area contributed by atoms with Crippen LogP contribution in [0.5, 0.6) is 0 Å². The van der Waals surface area contributed by atoms with Gasteiger partial charge in [-0.25, -0.2) is 0 Å². The maximum absolute atomic E-state index is 14.0. The fourth-order valence-electron chi connectivity index (χ4n) is 5.67. The minimum absolute atomic E-state index is 0.192. The summed E-state index contributed by atoms with van der Waals surface area (Å²) in [7, 11) is 0. The number of nitrogens with zero attached hydrogens (tertiary/aromatic N) is 1. The van der Waals surface area contributed by atoms with E-state index in [1.165, 1.54) is 4.57 Å². The number of hydrogen-bond donors (Lipinski definition) is 1. The van der Waals surface area contributed by atoms with Crippen molar-refractivity contribution in [2.75, 3.05) is 5.73 Å². The average molecular weight is 531 g/mol. The molecule has 0 saturated carbocycles. The molecule has 1 atom stereocenters. The average Bonchev–Trinajstić information content (AvgIpc) is 2.95. The molecule has 0 aliphatic heterocycles. The third kappa shape index (κ3) is 4.35. The lowest BCUT2D eigenvalue weighted by Gasteiger charge is -2.18. The number of fused-ring (bicyclic) bond motifs is 2. The topological polar surface area (TPSA) is 65.1 Å². The summed E-state index contributed by atoms with van der Waals surface area (Å²) in [6.07, 6.45) is 4.13. The highest BCUT2D eigenvalue weighted by Crippen LogP contribution is 2.41. The number of nitrogen functional groups attached to an aromatic ring is 1. The van der Waals surface area contributed by atoms with Gasteiger partial charge in [-0.3, -0.25) is 14.2 Å². The van der Waals surface area contributed by atoms with Gasteiger partial charge < -0.3 is 5.73 Å². The predicted octanol–water partition coefficient (Wildman–Crippen LogP) is 7.52. The fourth-order valence-corrected chi connectivity index (χ4v) is 6.86. The van der Waals surface area contributed by atoms with Crippen LogP contribution in [-0.2, 0) is 6.54 Å². The first kappa shape index (κ1) is 25.2. The normalized spacial score (nSPS) is 12.4. The van der Waals surface area contributed by atoms with E-state index in [9.17, 15) is 9.59 Å². The lowest BCUT2D eigenvalue weighted by molar-refractivity contribution is 0.382. The molecular formula is C34H30N2O2S. The Morgan fingerprint density at radius 1 is 0.846 bits per heavy atom. The SMILES string of the molecule is CCCCC(CC)Cn1c(=O)c2ccc3c4ccccc4sc4c(C#Cc5cccc(N)c5)cc(c1=O)c2c43. The summed E-state index contributed by atoms with van der Waals surface area (Å²) in [6, 6.07) is 21.6. The Morgan fingerprint density at radius 2 is 1.64 bits per heavy atom. The van der Waals surface area contributed by atoms with Crippen molar-refractivity contribution in [1.29, 1.82) is 0 Å². The second-order valence-electron chi connectivity index (χ2n) is 10.3. The molecule has 4 aromatic carbocycles. The van der Waals surface area contributed by atoms with Gasteiger partial charge in [0, 0.05) is 49.6 Å². The molecule has 194 valence electrons. The lowest BCUT2D eigenvalue weighted by Crippen LogP contribution is -2.35. The summed E-state index contributed by atoms with van der Waals surface area (Å²) in [4.78, 5) is 27.8. The molecule has 0 aliphatic carbocycles.